The quantitative estimate of drug-likeness (QED) is 0.651. The molecule has 1 aliphatic carbocycles. The van der Waals surface area contributed by atoms with Crippen LogP contribution in [0, 0.1) is 0 Å². The highest BCUT2D eigenvalue weighted by atomic mass is 16.4. The SMILES string of the molecule is O=c1[nH]c2cc(Nc3ccnc(NC4CCCCCCC4)n3)ccc2o1. The Morgan fingerprint density at radius 3 is 2.73 bits per heavy atom. The number of rotatable bonds is 4. The summed E-state index contributed by atoms with van der Waals surface area (Å²) in [5.41, 5.74) is 2.02. The van der Waals surface area contributed by atoms with E-state index in [2.05, 4.69) is 25.6 Å². The number of H-pyrrole nitrogens is 1. The van der Waals surface area contributed by atoms with Gasteiger partial charge in [0.25, 0.3) is 0 Å². The zero-order chi connectivity index (χ0) is 17.8. The van der Waals surface area contributed by atoms with Crippen molar-refractivity contribution in [3.05, 3.63) is 41.0 Å². The molecule has 0 saturated heterocycles. The number of benzene rings is 1. The molecule has 136 valence electrons. The van der Waals surface area contributed by atoms with Crippen LogP contribution in [0.1, 0.15) is 44.9 Å². The molecule has 26 heavy (non-hydrogen) atoms. The molecule has 0 unspecified atom stereocenters. The Kier molecular flexibility index (Phi) is 4.86. The van der Waals surface area contributed by atoms with Crippen LogP contribution in [0.5, 0.6) is 0 Å². The Bertz CT molecular complexity index is 925. The van der Waals surface area contributed by atoms with E-state index >= 15 is 0 Å². The van der Waals surface area contributed by atoms with Gasteiger partial charge in [0.2, 0.25) is 5.95 Å². The van der Waals surface area contributed by atoms with E-state index in [9.17, 15) is 4.79 Å². The Morgan fingerprint density at radius 1 is 1.08 bits per heavy atom. The molecule has 2 heterocycles. The molecule has 0 spiro atoms. The van der Waals surface area contributed by atoms with E-state index in [4.69, 9.17) is 4.42 Å². The number of aromatic amines is 1. The average molecular weight is 353 g/mol. The Labute approximate surface area is 151 Å². The van der Waals surface area contributed by atoms with E-state index in [-0.39, 0.29) is 0 Å². The lowest BCUT2D eigenvalue weighted by Gasteiger charge is -2.21. The molecule has 0 atom stereocenters. The van der Waals surface area contributed by atoms with Crippen LogP contribution in [0.25, 0.3) is 11.1 Å². The van der Waals surface area contributed by atoms with Crippen molar-refractivity contribution >= 4 is 28.6 Å². The van der Waals surface area contributed by atoms with Crippen LogP contribution in [0.4, 0.5) is 17.5 Å². The average Bonchev–Trinajstić information content (AvgIpc) is 2.97. The van der Waals surface area contributed by atoms with Gasteiger partial charge >= 0.3 is 5.76 Å². The van der Waals surface area contributed by atoms with E-state index in [1.165, 1.54) is 44.9 Å². The van der Waals surface area contributed by atoms with Gasteiger partial charge in [0, 0.05) is 17.9 Å². The molecule has 1 saturated carbocycles. The minimum Gasteiger partial charge on any atom is -0.408 e. The number of aromatic nitrogens is 3. The zero-order valence-corrected chi connectivity index (χ0v) is 14.6. The van der Waals surface area contributed by atoms with Crippen molar-refractivity contribution in [2.24, 2.45) is 0 Å². The Hall–Kier alpha value is -2.83. The fourth-order valence-corrected chi connectivity index (χ4v) is 3.46. The summed E-state index contributed by atoms with van der Waals surface area (Å²) < 4.78 is 5.02. The fourth-order valence-electron chi connectivity index (χ4n) is 3.46. The number of nitrogens with one attached hydrogen (secondary N) is 3. The second-order valence-electron chi connectivity index (χ2n) is 6.80. The van der Waals surface area contributed by atoms with Crippen LogP contribution in [0.3, 0.4) is 0 Å². The molecule has 7 heteroatoms. The summed E-state index contributed by atoms with van der Waals surface area (Å²) in [5, 5.41) is 6.73. The van der Waals surface area contributed by atoms with Crippen LogP contribution >= 0.6 is 0 Å². The molecular weight excluding hydrogens is 330 g/mol. The molecule has 0 amide bonds. The molecular formula is C19H23N5O2. The molecule has 7 nitrogen and oxygen atoms in total. The molecule has 1 aliphatic rings. The van der Waals surface area contributed by atoms with Gasteiger partial charge < -0.3 is 15.1 Å². The van der Waals surface area contributed by atoms with Gasteiger partial charge in [-0.25, -0.2) is 9.78 Å². The minimum atomic E-state index is -0.454. The van der Waals surface area contributed by atoms with Gasteiger partial charge in [0.15, 0.2) is 5.58 Å². The van der Waals surface area contributed by atoms with Gasteiger partial charge in [0.1, 0.15) is 5.82 Å². The van der Waals surface area contributed by atoms with Crippen molar-refractivity contribution in [3.8, 4) is 0 Å². The van der Waals surface area contributed by atoms with Crippen molar-refractivity contribution in [2.75, 3.05) is 10.6 Å². The number of hydrogen-bond donors (Lipinski definition) is 3. The summed E-state index contributed by atoms with van der Waals surface area (Å²) in [6, 6.07) is 7.70. The maximum Gasteiger partial charge on any atom is 0.417 e. The second-order valence-corrected chi connectivity index (χ2v) is 6.80. The van der Waals surface area contributed by atoms with Crippen LogP contribution in [-0.2, 0) is 0 Å². The first-order valence-electron chi connectivity index (χ1n) is 9.26. The maximum atomic E-state index is 11.3. The lowest BCUT2D eigenvalue weighted by atomic mass is 9.97. The Balaban J connectivity index is 1.46. The smallest absolute Gasteiger partial charge is 0.408 e. The number of oxazole rings is 1. The minimum absolute atomic E-state index is 0.443. The first kappa shape index (κ1) is 16.6. The summed E-state index contributed by atoms with van der Waals surface area (Å²) in [6.45, 7) is 0. The highest BCUT2D eigenvalue weighted by Gasteiger charge is 2.12. The van der Waals surface area contributed by atoms with Crippen molar-refractivity contribution in [1.82, 2.24) is 15.0 Å². The van der Waals surface area contributed by atoms with E-state index in [1.54, 1.807) is 12.3 Å². The monoisotopic (exact) mass is 353 g/mol. The van der Waals surface area contributed by atoms with Crippen LogP contribution in [0.15, 0.2) is 39.7 Å². The van der Waals surface area contributed by atoms with Gasteiger partial charge in [-0.2, -0.15) is 4.98 Å². The lowest BCUT2D eigenvalue weighted by Crippen LogP contribution is -2.22. The summed E-state index contributed by atoms with van der Waals surface area (Å²) in [5.74, 6) is 0.904. The third kappa shape index (κ3) is 4.04. The van der Waals surface area contributed by atoms with E-state index < -0.39 is 5.76 Å². The van der Waals surface area contributed by atoms with Crippen molar-refractivity contribution in [2.45, 2.75) is 51.0 Å². The highest BCUT2D eigenvalue weighted by Crippen LogP contribution is 2.22. The molecule has 4 rings (SSSR count). The molecule has 3 aromatic rings. The first-order chi connectivity index (χ1) is 12.8. The third-order valence-corrected chi connectivity index (χ3v) is 4.79. The predicted molar refractivity (Wildman–Crippen MR) is 102 cm³/mol. The lowest BCUT2D eigenvalue weighted by molar-refractivity contribution is 0.470. The number of nitrogens with zero attached hydrogens (tertiary/aromatic N) is 2. The molecule has 3 N–H and O–H groups in total. The summed E-state index contributed by atoms with van der Waals surface area (Å²) >= 11 is 0. The number of hydrogen-bond acceptors (Lipinski definition) is 6. The molecule has 1 fully saturated rings. The highest BCUT2D eigenvalue weighted by molar-refractivity contribution is 5.78. The van der Waals surface area contributed by atoms with E-state index in [0.29, 0.717) is 28.9 Å². The maximum absolute atomic E-state index is 11.3. The van der Waals surface area contributed by atoms with Crippen LogP contribution < -0.4 is 16.4 Å². The van der Waals surface area contributed by atoms with Crippen molar-refractivity contribution in [3.63, 3.8) is 0 Å². The molecule has 0 radical (unpaired) electrons. The number of anilines is 3. The van der Waals surface area contributed by atoms with E-state index in [1.807, 2.05) is 18.2 Å². The molecule has 0 bridgehead atoms. The van der Waals surface area contributed by atoms with E-state index in [0.717, 1.165) is 5.69 Å². The summed E-state index contributed by atoms with van der Waals surface area (Å²) in [6.07, 6.45) is 10.6. The zero-order valence-electron chi connectivity index (χ0n) is 14.6. The predicted octanol–water partition coefficient (Wildman–Crippen LogP) is 4.18. The van der Waals surface area contributed by atoms with Crippen LogP contribution in [0.2, 0.25) is 0 Å². The fraction of sp³-hybridized carbons (Fsp3) is 0.421. The second kappa shape index (κ2) is 7.59. The number of fused-ring (bicyclic) bond motifs is 1. The molecule has 1 aromatic carbocycles. The first-order valence-corrected chi connectivity index (χ1v) is 9.26. The van der Waals surface area contributed by atoms with Gasteiger partial charge in [0.05, 0.1) is 5.52 Å². The molecule has 0 aliphatic heterocycles. The van der Waals surface area contributed by atoms with Crippen molar-refractivity contribution < 1.29 is 4.42 Å². The molecule has 2 aromatic heterocycles. The standard InChI is InChI=1S/C19H23N5O2/c25-19-23-15-12-14(8-9-16(15)26-19)21-17-10-11-20-18(24-17)22-13-6-4-2-1-3-5-7-13/h8-13H,1-7H2,(H,23,25)(H2,20,21,22,24). The van der Waals surface area contributed by atoms with Crippen LogP contribution in [-0.4, -0.2) is 21.0 Å². The van der Waals surface area contributed by atoms with Gasteiger partial charge in [-0.15, -0.1) is 0 Å². The Morgan fingerprint density at radius 2 is 1.88 bits per heavy atom. The largest absolute Gasteiger partial charge is 0.417 e. The van der Waals surface area contributed by atoms with Gasteiger partial charge in [-0.05, 0) is 37.1 Å². The third-order valence-electron chi connectivity index (χ3n) is 4.79. The normalized spacial score (nSPS) is 16.2. The van der Waals surface area contributed by atoms with Gasteiger partial charge in [-0.3, -0.25) is 4.98 Å². The van der Waals surface area contributed by atoms with Gasteiger partial charge in [-0.1, -0.05) is 32.1 Å². The topological polar surface area (TPSA) is 95.8 Å². The summed E-state index contributed by atoms with van der Waals surface area (Å²) in [4.78, 5) is 22.9. The van der Waals surface area contributed by atoms with Crippen molar-refractivity contribution in [1.29, 1.82) is 0 Å². The summed E-state index contributed by atoms with van der Waals surface area (Å²) in [7, 11) is 0.